The van der Waals surface area contributed by atoms with E-state index in [0.717, 1.165) is 20.1 Å². The van der Waals surface area contributed by atoms with Gasteiger partial charge in [0.15, 0.2) is 5.16 Å². The Morgan fingerprint density at radius 1 is 1.47 bits per heavy atom. The van der Waals surface area contributed by atoms with Gasteiger partial charge in [-0.3, -0.25) is 0 Å². The molecule has 0 fully saturated rings. The van der Waals surface area contributed by atoms with Gasteiger partial charge in [0.2, 0.25) is 0 Å². The Balaban J connectivity index is 2.26. The molecule has 6 heteroatoms. The highest BCUT2D eigenvalue weighted by atomic mass is 79.9. The molecular formula is C11H13BrN4S. The van der Waals surface area contributed by atoms with Gasteiger partial charge < -0.3 is 5.73 Å². The van der Waals surface area contributed by atoms with Crippen molar-refractivity contribution in [1.29, 1.82) is 0 Å². The summed E-state index contributed by atoms with van der Waals surface area (Å²) in [6.07, 6.45) is 1.55. The van der Waals surface area contributed by atoms with Crippen molar-refractivity contribution < 1.29 is 0 Å². The summed E-state index contributed by atoms with van der Waals surface area (Å²) in [6.45, 7) is 1.97. The van der Waals surface area contributed by atoms with E-state index in [9.17, 15) is 0 Å². The number of rotatable bonds is 3. The van der Waals surface area contributed by atoms with Gasteiger partial charge >= 0.3 is 0 Å². The molecule has 1 atom stereocenters. The normalized spacial score (nSPS) is 12.7. The lowest BCUT2D eigenvalue weighted by molar-refractivity contribution is 0.685. The molecule has 0 bridgehead atoms. The van der Waals surface area contributed by atoms with Gasteiger partial charge in [-0.15, -0.1) is 0 Å². The maximum absolute atomic E-state index is 5.84. The van der Waals surface area contributed by atoms with E-state index in [1.165, 1.54) is 0 Å². The first kappa shape index (κ1) is 12.6. The maximum Gasteiger partial charge on any atom is 0.190 e. The van der Waals surface area contributed by atoms with Crippen LogP contribution in [0.15, 0.2) is 39.1 Å². The fourth-order valence-electron chi connectivity index (χ4n) is 1.36. The number of aryl methyl sites for hydroxylation is 1. The highest BCUT2D eigenvalue weighted by Crippen LogP contribution is 2.33. The summed E-state index contributed by atoms with van der Waals surface area (Å²) >= 11 is 5.12. The van der Waals surface area contributed by atoms with Crippen molar-refractivity contribution in [2.45, 2.75) is 23.0 Å². The maximum atomic E-state index is 5.84. The van der Waals surface area contributed by atoms with Crippen LogP contribution in [0.1, 0.15) is 18.5 Å². The second-order valence-electron chi connectivity index (χ2n) is 3.75. The van der Waals surface area contributed by atoms with Gasteiger partial charge in [0, 0.05) is 22.5 Å². The molecule has 0 aliphatic rings. The number of aromatic nitrogens is 3. The van der Waals surface area contributed by atoms with Crippen LogP contribution in [0, 0.1) is 0 Å². The summed E-state index contributed by atoms with van der Waals surface area (Å²) in [5.74, 6) is 0. The van der Waals surface area contributed by atoms with E-state index in [1.807, 2.05) is 32.2 Å². The van der Waals surface area contributed by atoms with E-state index in [4.69, 9.17) is 5.73 Å². The van der Waals surface area contributed by atoms with Gasteiger partial charge in [0.25, 0.3) is 0 Å². The zero-order chi connectivity index (χ0) is 12.4. The summed E-state index contributed by atoms with van der Waals surface area (Å²) < 4.78 is 2.77. The fraction of sp³-hybridized carbons (Fsp3) is 0.273. The molecule has 0 saturated heterocycles. The molecular weight excluding hydrogens is 300 g/mol. The smallest absolute Gasteiger partial charge is 0.190 e. The minimum atomic E-state index is 0.0418. The van der Waals surface area contributed by atoms with Crippen LogP contribution in [0.4, 0.5) is 0 Å². The second kappa shape index (κ2) is 5.20. The highest BCUT2D eigenvalue weighted by Gasteiger charge is 2.08. The Morgan fingerprint density at radius 2 is 2.24 bits per heavy atom. The van der Waals surface area contributed by atoms with Crippen LogP contribution in [0.5, 0.6) is 0 Å². The fourth-order valence-corrected chi connectivity index (χ4v) is 2.77. The van der Waals surface area contributed by atoms with Crippen LogP contribution in [-0.2, 0) is 7.05 Å². The zero-order valence-electron chi connectivity index (χ0n) is 9.59. The van der Waals surface area contributed by atoms with Crippen molar-refractivity contribution in [2.24, 2.45) is 12.8 Å². The van der Waals surface area contributed by atoms with E-state index >= 15 is 0 Å². The Kier molecular flexibility index (Phi) is 3.86. The zero-order valence-corrected chi connectivity index (χ0v) is 12.0. The topological polar surface area (TPSA) is 56.7 Å². The number of benzene rings is 1. The van der Waals surface area contributed by atoms with Crippen LogP contribution in [0.25, 0.3) is 0 Å². The van der Waals surface area contributed by atoms with Crippen molar-refractivity contribution in [3.8, 4) is 0 Å². The number of hydrogen-bond donors (Lipinski definition) is 1. The van der Waals surface area contributed by atoms with Gasteiger partial charge in [0.1, 0.15) is 6.33 Å². The molecule has 1 heterocycles. The number of nitrogens with two attached hydrogens (primary N) is 1. The summed E-state index contributed by atoms with van der Waals surface area (Å²) in [5.41, 5.74) is 6.95. The van der Waals surface area contributed by atoms with Crippen molar-refractivity contribution in [1.82, 2.24) is 14.8 Å². The molecule has 0 aliphatic carbocycles. The largest absolute Gasteiger partial charge is 0.324 e. The average molecular weight is 313 g/mol. The first-order chi connectivity index (χ1) is 8.08. The average Bonchev–Trinajstić information content (AvgIpc) is 2.67. The van der Waals surface area contributed by atoms with E-state index in [2.05, 4.69) is 26.0 Å². The van der Waals surface area contributed by atoms with E-state index in [0.29, 0.717) is 0 Å². The summed E-state index contributed by atoms with van der Waals surface area (Å²) in [4.78, 5) is 5.28. The van der Waals surface area contributed by atoms with Crippen LogP contribution in [0.3, 0.4) is 0 Å². The first-order valence-electron chi connectivity index (χ1n) is 5.15. The van der Waals surface area contributed by atoms with Crippen LogP contribution in [-0.4, -0.2) is 14.8 Å². The molecule has 0 spiro atoms. The minimum absolute atomic E-state index is 0.0418. The number of hydrogen-bond acceptors (Lipinski definition) is 4. The Bertz CT molecular complexity index is 524. The lowest BCUT2D eigenvalue weighted by Crippen LogP contribution is -2.04. The molecule has 0 saturated carbocycles. The summed E-state index contributed by atoms with van der Waals surface area (Å²) in [6, 6.07) is 6.17. The minimum Gasteiger partial charge on any atom is -0.324 e. The summed E-state index contributed by atoms with van der Waals surface area (Å²) in [7, 11) is 1.87. The predicted molar refractivity (Wildman–Crippen MR) is 71.9 cm³/mol. The van der Waals surface area contributed by atoms with Crippen LogP contribution in [0.2, 0.25) is 0 Å². The molecule has 1 aromatic carbocycles. The Labute approximate surface area is 113 Å². The van der Waals surface area contributed by atoms with Crippen LogP contribution < -0.4 is 5.73 Å². The molecule has 17 heavy (non-hydrogen) atoms. The van der Waals surface area contributed by atoms with Crippen molar-refractivity contribution in [3.63, 3.8) is 0 Å². The molecule has 0 aliphatic heterocycles. The SMILES string of the molecule is C[C@H](N)c1ccc(Sc2ncnn2C)c(Br)c1. The van der Waals surface area contributed by atoms with E-state index in [-0.39, 0.29) is 6.04 Å². The predicted octanol–water partition coefficient (Wildman–Crippen LogP) is 2.75. The molecule has 90 valence electrons. The molecule has 0 radical (unpaired) electrons. The molecule has 0 unspecified atom stereocenters. The van der Waals surface area contributed by atoms with Crippen molar-refractivity contribution in [3.05, 3.63) is 34.6 Å². The number of nitrogens with zero attached hydrogens (tertiary/aromatic N) is 3. The van der Waals surface area contributed by atoms with E-state index < -0.39 is 0 Å². The monoisotopic (exact) mass is 312 g/mol. The second-order valence-corrected chi connectivity index (χ2v) is 5.61. The van der Waals surface area contributed by atoms with Gasteiger partial charge in [-0.2, -0.15) is 5.10 Å². The van der Waals surface area contributed by atoms with Crippen molar-refractivity contribution >= 4 is 27.7 Å². The van der Waals surface area contributed by atoms with Gasteiger partial charge in [-0.25, -0.2) is 9.67 Å². The third kappa shape index (κ3) is 2.88. The standard InChI is InChI=1S/C11H13BrN4S/c1-7(13)8-3-4-10(9(12)5-8)17-11-14-6-15-16(11)2/h3-7H,13H2,1-2H3/t7-/m0/s1. The molecule has 2 aromatic rings. The van der Waals surface area contributed by atoms with Gasteiger partial charge in [0.05, 0.1) is 0 Å². The summed E-state index contributed by atoms with van der Waals surface area (Å²) in [5, 5.41) is 4.90. The lowest BCUT2D eigenvalue weighted by Gasteiger charge is -2.09. The van der Waals surface area contributed by atoms with E-state index in [1.54, 1.807) is 22.8 Å². The molecule has 4 nitrogen and oxygen atoms in total. The highest BCUT2D eigenvalue weighted by molar-refractivity contribution is 9.10. The molecule has 1 aromatic heterocycles. The molecule has 0 amide bonds. The third-order valence-electron chi connectivity index (χ3n) is 2.35. The number of halogens is 1. The third-order valence-corrected chi connectivity index (χ3v) is 4.40. The van der Waals surface area contributed by atoms with Crippen molar-refractivity contribution in [2.75, 3.05) is 0 Å². The first-order valence-corrected chi connectivity index (χ1v) is 6.75. The van der Waals surface area contributed by atoms with Crippen LogP contribution >= 0.6 is 27.7 Å². The Morgan fingerprint density at radius 3 is 2.76 bits per heavy atom. The quantitative estimate of drug-likeness (QED) is 0.946. The lowest BCUT2D eigenvalue weighted by atomic mass is 10.1. The molecule has 2 N–H and O–H groups in total. The molecule has 2 rings (SSSR count). The van der Waals surface area contributed by atoms with Gasteiger partial charge in [-0.05, 0) is 52.3 Å². The Hall–Kier alpha value is -0.850. The van der Waals surface area contributed by atoms with Gasteiger partial charge in [-0.1, -0.05) is 6.07 Å².